The summed E-state index contributed by atoms with van der Waals surface area (Å²) in [5.41, 5.74) is 0. The molecule has 1 aliphatic heterocycles. The van der Waals surface area contributed by atoms with Crippen molar-refractivity contribution in [1.82, 2.24) is 19.9 Å². The van der Waals surface area contributed by atoms with Crippen LogP contribution < -0.4 is 5.32 Å². The maximum atomic E-state index is 12.6. The van der Waals surface area contributed by atoms with E-state index in [4.69, 9.17) is 4.52 Å². The minimum Gasteiger partial charge on any atom is -0.360 e. The number of anilines is 1. The van der Waals surface area contributed by atoms with Gasteiger partial charge in [0, 0.05) is 45.3 Å². The molecule has 0 bridgehead atoms. The molecule has 2 heterocycles. The molecule has 28 heavy (non-hydrogen) atoms. The second-order valence-corrected chi connectivity index (χ2v) is 8.34. The Bertz CT molecular complexity index is 661. The van der Waals surface area contributed by atoms with Crippen LogP contribution in [0.4, 0.5) is 5.82 Å². The molecule has 156 valence electrons. The van der Waals surface area contributed by atoms with Crippen molar-refractivity contribution in [2.45, 2.75) is 45.6 Å². The van der Waals surface area contributed by atoms with Gasteiger partial charge in [0.2, 0.25) is 11.8 Å². The number of rotatable bonds is 6. The summed E-state index contributed by atoms with van der Waals surface area (Å²) in [5, 5.41) is 6.52. The van der Waals surface area contributed by atoms with Crippen LogP contribution in [0.1, 0.15) is 38.4 Å². The number of likely N-dealkylation sites (N-methyl/N-ethyl adjacent to an activating group) is 1. The highest BCUT2D eigenvalue weighted by molar-refractivity contribution is 5.91. The van der Waals surface area contributed by atoms with E-state index < -0.39 is 0 Å². The largest absolute Gasteiger partial charge is 0.360 e. The molecular formula is C20H33N5O3. The fourth-order valence-electron chi connectivity index (χ4n) is 4.05. The van der Waals surface area contributed by atoms with Gasteiger partial charge in [-0.3, -0.25) is 19.4 Å². The third-order valence-electron chi connectivity index (χ3n) is 6.01. The quantitative estimate of drug-likeness (QED) is 0.793. The van der Waals surface area contributed by atoms with Crippen LogP contribution in [0, 0.1) is 12.8 Å². The van der Waals surface area contributed by atoms with Crippen LogP contribution in [-0.4, -0.2) is 84.0 Å². The molecule has 2 fully saturated rings. The molecule has 1 aromatic heterocycles. The van der Waals surface area contributed by atoms with Gasteiger partial charge in [0.1, 0.15) is 5.76 Å². The van der Waals surface area contributed by atoms with Crippen molar-refractivity contribution >= 4 is 17.6 Å². The molecule has 8 heteroatoms. The van der Waals surface area contributed by atoms with Gasteiger partial charge in [-0.15, -0.1) is 0 Å². The lowest BCUT2D eigenvalue weighted by Crippen LogP contribution is -2.52. The molecule has 1 N–H and O–H groups in total. The fraction of sp³-hybridized carbons (Fsp3) is 0.750. The van der Waals surface area contributed by atoms with Crippen molar-refractivity contribution < 1.29 is 14.1 Å². The lowest BCUT2D eigenvalue weighted by Gasteiger charge is -2.37. The van der Waals surface area contributed by atoms with E-state index in [9.17, 15) is 9.59 Å². The van der Waals surface area contributed by atoms with Crippen molar-refractivity contribution in [2.24, 2.45) is 5.92 Å². The number of piperazine rings is 1. The van der Waals surface area contributed by atoms with Crippen molar-refractivity contribution in [3.05, 3.63) is 11.8 Å². The van der Waals surface area contributed by atoms with Crippen LogP contribution in [0.5, 0.6) is 0 Å². The van der Waals surface area contributed by atoms with Crippen molar-refractivity contribution in [2.75, 3.05) is 51.6 Å². The summed E-state index contributed by atoms with van der Waals surface area (Å²) in [6.45, 7) is 8.05. The summed E-state index contributed by atoms with van der Waals surface area (Å²) < 4.78 is 4.95. The van der Waals surface area contributed by atoms with E-state index in [1.54, 1.807) is 13.0 Å². The van der Waals surface area contributed by atoms with E-state index in [-0.39, 0.29) is 11.8 Å². The lowest BCUT2D eigenvalue weighted by molar-refractivity contribution is -0.134. The van der Waals surface area contributed by atoms with Gasteiger partial charge in [-0.1, -0.05) is 12.1 Å². The highest BCUT2D eigenvalue weighted by Crippen LogP contribution is 2.26. The molecule has 1 aromatic rings. The number of aryl methyl sites for hydroxylation is 1. The summed E-state index contributed by atoms with van der Waals surface area (Å²) in [7, 11) is 1.95. The molecule has 8 nitrogen and oxygen atoms in total. The number of carbonyl (C=O) groups excluding carboxylic acids is 2. The molecule has 1 saturated carbocycles. The van der Waals surface area contributed by atoms with Gasteiger partial charge in [-0.05, 0) is 38.5 Å². The zero-order chi connectivity index (χ0) is 20.1. The number of hydrogen-bond donors (Lipinski definition) is 1. The van der Waals surface area contributed by atoms with Gasteiger partial charge in [0.05, 0.1) is 13.1 Å². The molecule has 1 aliphatic carbocycles. The molecule has 1 saturated heterocycles. The zero-order valence-corrected chi connectivity index (χ0v) is 17.3. The zero-order valence-electron chi connectivity index (χ0n) is 17.3. The van der Waals surface area contributed by atoms with Crippen LogP contribution in [0.3, 0.4) is 0 Å². The topological polar surface area (TPSA) is 81.9 Å². The van der Waals surface area contributed by atoms with Crippen molar-refractivity contribution in [3.63, 3.8) is 0 Å². The lowest BCUT2D eigenvalue weighted by atomic mass is 9.87. The molecule has 3 rings (SSSR count). The number of nitrogens with one attached hydrogen (secondary N) is 1. The van der Waals surface area contributed by atoms with E-state index in [1.807, 2.05) is 11.9 Å². The van der Waals surface area contributed by atoms with Gasteiger partial charge in [0.15, 0.2) is 5.82 Å². The average Bonchev–Trinajstić information content (AvgIpc) is 3.08. The molecule has 2 aliphatic rings. The van der Waals surface area contributed by atoms with Crippen LogP contribution in [-0.2, 0) is 9.59 Å². The van der Waals surface area contributed by atoms with Crippen LogP contribution in [0.15, 0.2) is 10.6 Å². The van der Waals surface area contributed by atoms with E-state index >= 15 is 0 Å². The molecule has 2 amide bonds. The third-order valence-corrected chi connectivity index (χ3v) is 6.01. The summed E-state index contributed by atoms with van der Waals surface area (Å²) in [5.74, 6) is 2.03. The number of hydrogen-bond acceptors (Lipinski definition) is 6. The number of aromatic nitrogens is 1. The fourth-order valence-corrected chi connectivity index (χ4v) is 4.05. The van der Waals surface area contributed by atoms with Gasteiger partial charge < -0.3 is 14.7 Å². The molecule has 0 aromatic carbocycles. The summed E-state index contributed by atoms with van der Waals surface area (Å²) in [6, 6.07) is 2.10. The molecule has 0 radical (unpaired) electrons. The SMILES string of the molecule is Cc1cc(NC(=O)CN2CCN(CC(=O)N(C)C3CCC(C)CC3)CC2)no1. The number of amides is 2. The van der Waals surface area contributed by atoms with Crippen molar-refractivity contribution in [3.8, 4) is 0 Å². The summed E-state index contributed by atoms with van der Waals surface area (Å²) >= 11 is 0. The Kier molecular flexibility index (Phi) is 7.07. The minimum absolute atomic E-state index is 0.0934. The van der Waals surface area contributed by atoms with Crippen molar-refractivity contribution in [1.29, 1.82) is 0 Å². The Hall–Kier alpha value is -1.93. The molecule has 0 unspecified atom stereocenters. The highest BCUT2D eigenvalue weighted by Gasteiger charge is 2.27. The Morgan fingerprint density at radius 2 is 1.75 bits per heavy atom. The van der Waals surface area contributed by atoms with Crippen LogP contribution in [0.2, 0.25) is 0 Å². The Morgan fingerprint density at radius 1 is 1.14 bits per heavy atom. The predicted octanol–water partition coefficient (Wildman–Crippen LogP) is 1.58. The standard InChI is InChI=1S/C20H33N5O3/c1-15-4-6-17(7-5-15)23(3)20(27)14-25-10-8-24(9-11-25)13-19(26)21-18-12-16(2)28-22-18/h12,15,17H,4-11,13-14H2,1-3H3,(H,21,22,26). The van der Waals surface area contributed by atoms with Gasteiger partial charge in [-0.25, -0.2) is 0 Å². The first-order valence-corrected chi connectivity index (χ1v) is 10.3. The van der Waals surface area contributed by atoms with E-state index in [0.717, 1.165) is 44.9 Å². The second kappa shape index (κ2) is 9.52. The first-order valence-electron chi connectivity index (χ1n) is 10.3. The second-order valence-electron chi connectivity index (χ2n) is 8.34. The number of nitrogens with zero attached hydrogens (tertiary/aromatic N) is 4. The minimum atomic E-state index is -0.0934. The Morgan fingerprint density at radius 3 is 2.32 bits per heavy atom. The molecule has 0 spiro atoms. The molecular weight excluding hydrogens is 358 g/mol. The van der Waals surface area contributed by atoms with Gasteiger partial charge in [0.25, 0.3) is 0 Å². The van der Waals surface area contributed by atoms with E-state index in [2.05, 4.69) is 27.2 Å². The predicted molar refractivity (Wildman–Crippen MR) is 107 cm³/mol. The number of carbonyl (C=O) groups is 2. The maximum absolute atomic E-state index is 12.6. The Balaban J connectivity index is 1.36. The summed E-state index contributed by atoms with van der Waals surface area (Å²) in [4.78, 5) is 31.0. The monoisotopic (exact) mass is 391 g/mol. The third kappa shape index (κ3) is 5.78. The van der Waals surface area contributed by atoms with Crippen LogP contribution in [0.25, 0.3) is 0 Å². The highest BCUT2D eigenvalue weighted by atomic mass is 16.5. The van der Waals surface area contributed by atoms with Crippen LogP contribution >= 0.6 is 0 Å². The smallest absolute Gasteiger partial charge is 0.239 e. The van der Waals surface area contributed by atoms with Gasteiger partial charge in [-0.2, -0.15) is 0 Å². The first kappa shape index (κ1) is 20.8. The molecule has 0 atom stereocenters. The normalized spacial score (nSPS) is 24.1. The van der Waals surface area contributed by atoms with E-state index in [0.29, 0.717) is 30.7 Å². The first-order chi connectivity index (χ1) is 13.4. The maximum Gasteiger partial charge on any atom is 0.239 e. The Labute approximate surface area is 167 Å². The van der Waals surface area contributed by atoms with E-state index in [1.165, 1.54) is 12.8 Å². The van der Waals surface area contributed by atoms with Gasteiger partial charge >= 0.3 is 0 Å². The average molecular weight is 392 g/mol. The summed E-state index contributed by atoms with van der Waals surface area (Å²) in [6.07, 6.45) is 4.68.